The molecule has 3 atom stereocenters. The quantitative estimate of drug-likeness (QED) is 0.243. The lowest BCUT2D eigenvalue weighted by Crippen LogP contribution is -2.54. The molecule has 0 saturated heterocycles. The van der Waals surface area contributed by atoms with Gasteiger partial charge in [0.15, 0.2) is 11.6 Å². The number of nitrogens with zero attached hydrogens (tertiary/aromatic N) is 1. The molecular formula is C32H40F2N4O4. The molecule has 2 amide bonds. The largest absolute Gasteiger partial charge is 0.478 e. The van der Waals surface area contributed by atoms with Gasteiger partial charge >= 0.3 is 5.97 Å². The number of fused-ring (bicyclic) bond motifs is 1. The Morgan fingerprint density at radius 1 is 0.881 bits per heavy atom. The first kappa shape index (κ1) is 34.1. The van der Waals surface area contributed by atoms with E-state index in [0.717, 1.165) is 41.0 Å². The Morgan fingerprint density at radius 2 is 1.52 bits per heavy atom. The van der Waals surface area contributed by atoms with E-state index in [1.807, 2.05) is 56.4 Å². The van der Waals surface area contributed by atoms with Crippen molar-refractivity contribution in [2.24, 2.45) is 0 Å². The van der Waals surface area contributed by atoms with Crippen molar-refractivity contribution in [3.63, 3.8) is 0 Å². The number of carboxylic acids is 1. The molecule has 3 aromatic rings. The zero-order valence-electron chi connectivity index (χ0n) is 24.7. The van der Waals surface area contributed by atoms with Crippen LogP contribution in [0.15, 0.2) is 72.8 Å². The molecule has 10 heteroatoms. The van der Waals surface area contributed by atoms with Gasteiger partial charge in [0.2, 0.25) is 11.8 Å². The number of nitrogens with one attached hydrogen (secondary N) is 3. The second-order valence-corrected chi connectivity index (χ2v) is 9.92. The third-order valence-electron chi connectivity index (χ3n) is 6.92. The highest BCUT2D eigenvalue weighted by molar-refractivity contribution is 5.90. The number of carbonyl (C=O) groups excluding carboxylic acids is 2. The van der Waals surface area contributed by atoms with Crippen LogP contribution in [-0.4, -0.2) is 74.1 Å². The molecule has 226 valence electrons. The van der Waals surface area contributed by atoms with Crippen molar-refractivity contribution in [3.8, 4) is 0 Å². The van der Waals surface area contributed by atoms with Crippen molar-refractivity contribution in [2.75, 3.05) is 28.2 Å². The fraction of sp³-hybridized carbons (Fsp3) is 0.344. The number of hydrogen-bond acceptors (Lipinski definition) is 5. The van der Waals surface area contributed by atoms with Gasteiger partial charge in [-0.15, -0.1) is 0 Å². The van der Waals surface area contributed by atoms with E-state index in [9.17, 15) is 23.2 Å². The maximum absolute atomic E-state index is 13.6. The molecule has 8 nitrogen and oxygen atoms in total. The fourth-order valence-corrected chi connectivity index (χ4v) is 4.27. The zero-order valence-corrected chi connectivity index (χ0v) is 24.7. The molecule has 0 radical (unpaired) electrons. The number of rotatable bonds is 12. The van der Waals surface area contributed by atoms with Gasteiger partial charge in [0.1, 0.15) is 6.04 Å². The van der Waals surface area contributed by atoms with E-state index in [4.69, 9.17) is 5.11 Å². The summed E-state index contributed by atoms with van der Waals surface area (Å²) < 4.78 is 26.9. The number of carboxylic acid groups (broad SMARTS) is 1. The third kappa shape index (κ3) is 10.4. The molecule has 3 rings (SSSR count). The molecule has 0 aliphatic rings. The average Bonchev–Trinajstić information content (AvgIpc) is 2.99. The summed E-state index contributed by atoms with van der Waals surface area (Å²) in [6, 6.07) is 16.4. The maximum atomic E-state index is 13.6. The Kier molecular flexibility index (Phi) is 13.7. The number of amides is 2. The number of benzene rings is 3. The van der Waals surface area contributed by atoms with E-state index < -0.39 is 29.7 Å². The number of hydrogen-bond donors (Lipinski definition) is 4. The SMILES string of the molecule is CNC(=O)[C@@H](Cc1ccc(F)c(F)c1)N(C)C(=O)[C@@H](Cc1ccc2ccccc2c1)NC.CNC(C)CC=CC(=O)O. The molecule has 3 aromatic carbocycles. The Balaban J connectivity index is 0.000000528. The molecule has 42 heavy (non-hydrogen) atoms. The van der Waals surface area contributed by atoms with Crippen LogP contribution >= 0.6 is 0 Å². The molecule has 0 spiro atoms. The van der Waals surface area contributed by atoms with Gasteiger partial charge in [0.25, 0.3) is 0 Å². The molecule has 0 bridgehead atoms. The molecule has 1 unspecified atom stereocenters. The third-order valence-corrected chi connectivity index (χ3v) is 6.92. The lowest BCUT2D eigenvalue weighted by molar-refractivity contribution is -0.140. The Bertz CT molecular complexity index is 1380. The van der Waals surface area contributed by atoms with Crippen molar-refractivity contribution in [1.82, 2.24) is 20.9 Å². The summed E-state index contributed by atoms with van der Waals surface area (Å²) in [4.78, 5) is 37.1. The van der Waals surface area contributed by atoms with Crippen LogP contribution in [0.3, 0.4) is 0 Å². The minimum Gasteiger partial charge on any atom is -0.478 e. The van der Waals surface area contributed by atoms with Crippen LogP contribution in [0.2, 0.25) is 0 Å². The smallest absolute Gasteiger partial charge is 0.327 e. The number of halogens is 2. The van der Waals surface area contributed by atoms with Crippen molar-refractivity contribution < 1.29 is 28.3 Å². The van der Waals surface area contributed by atoms with Gasteiger partial charge in [-0.2, -0.15) is 0 Å². The highest BCUT2D eigenvalue weighted by Crippen LogP contribution is 2.18. The molecule has 0 aromatic heterocycles. The molecular weight excluding hydrogens is 542 g/mol. The minimum absolute atomic E-state index is 0.0610. The Labute approximate surface area is 245 Å². The monoisotopic (exact) mass is 582 g/mol. The van der Waals surface area contributed by atoms with Gasteiger partial charge in [-0.1, -0.05) is 54.6 Å². The Morgan fingerprint density at radius 3 is 2.12 bits per heavy atom. The van der Waals surface area contributed by atoms with Gasteiger partial charge in [-0.25, -0.2) is 13.6 Å². The summed E-state index contributed by atoms with van der Waals surface area (Å²) in [6.07, 6.45) is 4.06. The number of carbonyl (C=O) groups is 3. The van der Waals surface area contributed by atoms with Gasteiger partial charge in [-0.3, -0.25) is 9.59 Å². The summed E-state index contributed by atoms with van der Waals surface area (Å²) in [5.74, 6) is -3.48. The van der Waals surface area contributed by atoms with Crippen LogP contribution in [0.25, 0.3) is 10.8 Å². The van der Waals surface area contributed by atoms with Crippen molar-refractivity contribution in [2.45, 2.75) is 44.3 Å². The van der Waals surface area contributed by atoms with Crippen molar-refractivity contribution in [1.29, 1.82) is 0 Å². The second-order valence-electron chi connectivity index (χ2n) is 9.92. The standard InChI is InChI=1S/C25H27F2N3O2.C7H13NO2/c1-28-22(14-16-8-10-18-6-4-5-7-19(18)12-16)25(32)30(3)23(24(31)29-2)15-17-9-11-20(26)21(27)13-17;1-6(8-2)4-3-5-7(9)10/h4-13,22-23,28H,14-15H2,1-3H3,(H,29,31);3,5-6,8H,4H2,1-2H3,(H,9,10)/t22-,23-;/m1./s1. The predicted octanol–water partition coefficient (Wildman–Crippen LogP) is 3.69. The second kappa shape index (κ2) is 17.0. The maximum Gasteiger partial charge on any atom is 0.327 e. The van der Waals surface area contributed by atoms with Gasteiger partial charge in [0, 0.05) is 32.6 Å². The van der Waals surface area contributed by atoms with Crippen LogP contribution in [0.5, 0.6) is 0 Å². The summed E-state index contributed by atoms with van der Waals surface area (Å²) in [6.45, 7) is 1.99. The topological polar surface area (TPSA) is 111 Å². The van der Waals surface area contributed by atoms with E-state index in [2.05, 4.69) is 16.0 Å². The van der Waals surface area contributed by atoms with Crippen LogP contribution in [0.1, 0.15) is 24.5 Å². The molecule has 0 aliphatic heterocycles. The molecule has 0 fully saturated rings. The van der Waals surface area contributed by atoms with Crippen LogP contribution in [0, 0.1) is 11.6 Å². The average molecular weight is 583 g/mol. The van der Waals surface area contributed by atoms with E-state index >= 15 is 0 Å². The van der Waals surface area contributed by atoms with Gasteiger partial charge in [0.05, 0.1) is 6.04 Å². The summed E-state index contributed by atoms with van der Waals surface area (Å²) in [5, 5.41) is 19.0. The van der Waals surface area contributed by atoms with Crippen LogP contribution in [-0.2, 0) is 27.2 Å². The lowest BCUT2D eigenvalue weighted by Gasteiger charge is -2.30. The van der Waals surface area contributed by atoms with E-state index in [-0.39, 0.29) is 18.2 Å². The first-order chi connectivity index (χ1) is 20.0. The lowest BCUT2D eigenvalue weighted by atomic mass is 9.99. The molecule has 0 aliphatic carbocycles. The number of aliphatic carboxylic acids is 1. The minimum atomic E-state index is -0.989. The van der Waals surface area contributed by atoms with E-state index in [1.54, 1.807) is 20.2 Å². The first-order valence-electron chi connectivity index (χ1n) is 13.6. The van der Waals surface area contributed by atoms with Crippen molar-refractivity contribution >= 4 is 28.6 Å². The summed E-state index contributed by atoms with van der Waals surface area (Å²) in [5.41, 5.74) is 1.41. The predicted molar refractivity (Wildman–Crippen MR) is 161 cm³/mol. The van der Waals surface area contributed by atoms with Crippen LogP contribution < -0.4 is 16.0 Å². The normalized spacial score (nSPS) is 13.1. The number of likely N-dealkylation sites (N-methyl/N-ethyl adjacent to an activating group) is 3. The highest BCUT2D eigenvalue weighted by Gasteiger charge is 2.30. The first-order valence-corrected chi connectivity index (χ1v) is 13.6. The fourth-order valence-electron chi connectivity index (χ4n) is 4.27. The van der Waals surface area contributed by atoms with Crippen LogP contribution in [0.4, 0.5) is 8.78 Å². The van der Waals surface area contributed by atoms with E-state index in [1.165, 1.54) is 18.0 Å². The molecule has 0 heterocycles. The van der Waals surface area contributed by atoms with Gasteiger partial charge < -0.3 is 26.0 Å². The summed E-state index contributed by atoms with van der Waals surface area (Å²) >= 11 is 0. The highest BCUT2D eigenvalue weighted by atomic mass is 19.2. The Hall–Kier alpha value is -4.15. The molecule has 0 saturated carbocycles. The van der Waals surface area contributed by atoms with Gasteiger partial charge in [-0.05, 0) is 67.9 Å². The zero-order chi connectivity index (χ0) is 31.2. The summed E-state index contributed by atoms with van der Waals surface area (Å²) in [7, 11) is 6.57. The van der Waals surface area contributed by atoms with Crippen molar-refractivity contribution in [3.05, 3.63) is 95.6 Å². The van der Waals surface area contributed by atoms with E-state index in [0.29, 0.717) is 18.0 Å². The molecule has 4 N–H and O–H groups in total.